The molecule has 5 aromatic carbocycles. The zero-order valence-corrected chi connectivity index (χ0v) is 46.0. The maximum Gasteiger partial charge on any atom is 0.333 e. The first kappa shape index (κ1) is 63.2. The van der Waals surface area contributed by atoms with Crippen LogP contribution in [0.1, 0.15) is 92.7 Å². The number of rotatable bonds is 25. The van der Waals surface area contributed by atoms with Gasteiger partial charge < -0.3 is 64.5 Å². The van der Waals surface area contributed by atoms with Gasteiger partial charge in [-0.15, -0.1) is 6.58 Å². The Kier molecular flexibility index (Phi) is 26.3. The lowest BCUT2D eigenvalue weighted by Crippen LogP contribution is -2.29. The average Bonchev–Trinajstić information content (AvgIpc) is 3.44. The molecule has 15 heteroatoms. The van der Waals surface area contributed by atoms with Gasteiger partial charge in [0.1, 0.15) is 23.4 Å². The van der Waals surface area contributed by atoms with Gasteiger partial charge >= 0.3 is 5.97 Å². The van der Waals surface area contributed by atoms with Crippen molar-refractivity contribution in [1.29, 1.82) is 0 Å². The summed E-state index contributed by atoms with van der Waals surface area (Å²) in [5.74, 6) is 2.72. The molecule has 0 aromatic heterocycles. The number of aliphatic hydroxyl groups is 4. The third-order valence-electron chi connectivity index (χ3n) is 13.8. The Bertz CT molecular complexity index is 2690. The van der Waals surface area contributed by atoms with Crippen LogP contribution in [0.25, 0.3) is 6.08 Å². The van der Waals surface area contributed by atoms with E-state index in [1.165, 1.54) is 52.7 Å². The Balaban J connectivity index is 0.000000286. The molecule has 0 fully saturated rings. The lowest BCUT2D eigenvalue weighted by atomic mass is 9.79. The van der Waals surface area contributed by atoms with E-state index < -0.39 is 18.8 Å². The SMILES string of the molecule is C=CC(/C=C/c1ccc(O)cc1)c1ccc(O)cc1.COC(=O)C1=CCC(C(C)CC(=O)CC(C)C)CC1.COc1cc(CC(CO)C(CO)Cc2ccc(OC(CO)C(O)c3ccc(O)c(OC)c3)c(OC)c2)ccc1O. The highest BCUT2D eigenvalue weighted by Gasteiger charge is 2.28. The number of ether oxygens (including phenoxy) is 5. The van der Waals surface area contributed by atoms with Crippen LogP contribution in [0.5, 0.6) is 46.0 Å². The molecule has 0 amide bonds. The summed E-state index contributed by atoms with van der Waals surface area (Å²) in [6.45, 7) is 9.34. The summed E-state index contributed by atoms with van der Waals surface area (Å²) in [5.41, 5.74) is 4.95. The van der Waals surface area contributed by atoms with E-state index >= 15 is 0 Å². The molecule has 8 N–H and O–H groups in total. The molecule has 0 bridgehead atoms. The molecule has 6 rings (SSSR count). The molecule has 5 aromatic rings. The number of allylic oxidation sites excluding steroid dienone is 3. The van der Waals surface area contributed by atoms with E-state index in [0.717, 1.165) is 47.1 Å². The summed E-state index contributed by atoms with van der Waals surface area (Å²) in [7, 11) is 5.75. The van der Waals surface area contributed by atoms with Crippen LogP contribution >= 0.6 is 0 Å². The zero-order valence-electron chi connectivity index (χ0n) is 46.0. The Morgan fingerprint density at radius 1 is 0.654 bits per heavy atom. The quantitative estimate of drug-likeness (QED) is 0.0200. The minimum absolute atomic E-state index is 0.0265. The molecule has 78 heavy (non-hydrogen) atoms. The van der Waals surface area contributed by atoms with Crippen molar-refractivity contribution in [1.82, 2.24) is 0 Å². The van der Waals surface area contributed by atoms with E-state index in [2.05, 4.69) is 27.4 Å². The third-order valence-corrected chi connectivity index (χ3v) is 13.8. The maximum absolute atomic E-state index is 11.8. The number of phenols is 4. The first-order valence-electron chi connectivity index (χ1n) is 26.2. The Morgan fingerprint density at radius 2 is 1.19 bits per heavy atom. The van der Waals surface area contributed by atoms with Crippen LogP contribution in [-0.2, 0) is 27.2 Å². The molecule has 0 radical (unpaired) electrons. The lowest BCUT2D eigenvalue weighted by molar-refractivity contribution is -0.136. The van der Waals surface area contributed by atoms with Crippen LogP contribution in [0.3, 0.4) is 0 Å². The van der Waals surface area contributed by atoms with Crippen molar-refractivity contribution in [2.24, 2.45) is 29.6 Å². The maximum atomic E-state index is 11.8. The number of hydrogen-bond donors (Lipinski definition) is 8. The second-order valence-electron chi connectivity index (χ2n) is 19.9. The molecule has 0 spiro atoms. The lowest BCUT2D eigenvalue weighted by Gasteiger charge is -2.26. The largest absolute Gasteiger partial charge is 0.508 e. The third kappa shape index (κ3) is 19.6. The minimum atomic E-state index is -1.23. The van der Waals surface area contributed by atoms with Crippen molar-refractivity contribution in [2.75, 3.05) is 48.3 Å². The molecule has 0 saturated carbocycles. The normalized spacial score (nSPS) is 15.4. The molecule has 1 aliphatic rings. The van der Waals surface area contributed by atoms with Crippen molar-refractivity contribution >= 4 is 17.8 Å². The zero-order chi connectivity index (χ0) is 57.3. The summed E-state index contributed by atoms with van der Waals surface area (Å²) in [4.78, 5) is 23.2. The van der Waals surface area contributed by atoms with E-state index in [1.54, 1.807) is 54.6 Å². The van der Waals surface area contributed by atoms with Crippen molar-refractivity contribution in [3.8, 4) is 46.0 Å². The average molecular weight is 1080 g/mol. The summed E-state index contributed by atoms with van der Waals surface area (Å²) in [6.07, 6.45) is 10.5. The molecule has 15 nitrogen and oxygen atoms in total. The number of aromatic hydroxyl groups is 4. The van der Waals surface area contributed by atoms with Crippen molar-refractivity contribution in [3.05, 3.63) is 161 Å². The number of benzene rings is 5. The summed E-state index contributed by atoms with van der Waals surface area (Å²) >= 11 is 0. The summed E-state index contributed by atoms with van der Waals surface area (Å²) in [6, 6.07) is 28.7. The Morgan fingerprint density at radius 3 is 1.71 bits per heavy atom. The van der Waals surface area contributed by atoms with Gasteiger partial charge in [0.25, 0.3) is 0 Å². The van der Waals surface area contributed by atoms with Gasteiger partial charge in [0, 0.05) is 37.5 Å². The number of carbonyl (C=O) groups is 2. The van der Waals surface area contributed by atoms with E-state index in [4.69, 9.17) is 23.7 Å². The van der Waals surface area contributed by atoms with Gasteiger partial charge in [0.2, 0.25) is 0 Å². The van der Waals surface area contributed by atoms with Gasteiger partial charge in [0.15, 0.2) is 40.6 Å². The molecule has 0 heterocycles. The number of aliphatic hydroxyl groups excluding tert-OH is 4. The molecular weight excluding hydrogens is 997 g/mol. The predicted molar refractivity (Wildman–Crippen MR) is 301 cm³/mol. The smallest absolute Gasteiger partial charge is 0.333 e. The summed E-state index contributed by atoms with van der Waals surface area (Å²) in [5, 5.41) is 79.2. The number of Topliss-reactive ketones (excluding diaryl/α,β-unsaturated/α-hetero) is 1. The number of carbonyl (C=O) groups excluding carboxylic acids is 2. The second kappa shape index (κ2) is 32.4. The van der Waals surface area contributed by atoms with E-state index in [1.807, 2.05) is 48.6 Å². The monoisotopic (exact) mass is 1080 g/mol. The first-order valence-corrected chi connectivity index (χ1v) is 26.2. The van der Waals surface area contributed by atoms with Gasteiger partial charge in [-0.3, -0.25) is 4.79 Å². The van der Waals surface area contributed by atoms with Crippen LogP contribution in [0.15, 0.2) is 134 Å². The highest BCUT2D eigenvalue weighted by molar-refractivity contribution is 5.88. The molecular formula is C63H80O15. The van der Waals surface area contributed by atoms with Gasteiger partial charge in [0.05, 0.1) is 35.0 Å². The fourth-order valence-corrected chi connectivity index (χ4v) is 9.18. The molecule has 7 atom stereocenters. The Labute approximate surface area is 459 Å². The van der Waals surface area contributed by atoms with Crippen LogP contribution in [0.4, 0.5) is 0 Å². The fourth-order valence-electron chi connectivity index (χ4n) is 9.18. The topological polar surface area (TPSA) is 242 Å². The number of ketones is 1. The molecule has 0 saturated heterocycles. The van der Waals surface area contributed by atoms with E-state index in [9.17, 15) is 50.4 Å². The number of hydrogen-bond acceptors (Lipinski definition) is 15. The molecule has 7 unspecified atom stereocenters. The Hall–Kier alpha value is -7.30. The highest BCUT2D eigenvalue weighted by atomic mass is 16.5. The number of methoxy groups -OCH3 is 4. The van der Waals surface area contributed by atoms with Crippen LogP contribution in [0.2, 0.25) is 0 Å². The first-order chi connectivity index (χ1) is 37.4. The minimum Gasteiger partial charge on any atom is -0.508 e. The van der Waals surface area contributed by atoms with Crippen LogP contribution in [-0.4, -0.2) is 107 Å². The highest BCUT2D eigenvalue weighted by Crippen LogP contribution is 2.36. The number of esters is 1. The molecule has 1 aliphatic carbocycles. The van der Waals surface area contributed by atoms with E-state index in [0.29, 0.717) is 72.0 Å². The summed E-state index contributed by atoms with van der Waals surface area (Å²) < 4.78 is 26.4. The van der Waals surface area contributed by atoms with Crippen molar-refractivity contribution in [2.45, 2.75) is 83.8 Å². The van der Waals surface area contributed by atoms with Gasteiger partial charge in [-0.1, -0.05) is 87.5 Å². The van der Waals surface area contributed by atoms with Crippen molar-refractivity contribution < 1.29 is 74.1 Å². The van der Waals surface area contributed by atoms with Gasteiger partial charge in [-0.05, 0) is 150 Å². The van der Waals surface area contributed by atoms with Crippen LogP contribution < -0.4 is 18.9 Å². The van der Waals surface area contributed by atoms with Gasteiger partial charge in [-0.25, -0.2) is 4.79 Å². The second-order valence-corrected chi connectivity index (χ2v) is 19.9. The van der Waals surface area contributed by atoms with Crippen molar-refractivity contribution in [3.63, 3.8) is 0 Å². The molecule has 0 aliphatic heterocycles. The number of phenolic OH excluding ortho intramolecular Hbond substituents is 4. The van der Waals surface area contributed by atoms with Gasteiger partial charge in [-0.2, -0.15) is 0 Å². The molecule has 422 valence electrons. The van der Waals surface area contributed by atoms with Crippen LogP contribution in [0, 0.1) is 29.6 Å². The fraction of sp³-hybridized carbons (Fsp3) is 0.397. The predicted octanol–water partition coefficient (Wildman–Crippen LogP) is 10.2. The standard InChI is InChI=1S/C30H38O10.C17H16O2.C16H26O3/c1-37-26-12-18(4-7-23(26)34)10-21(15-31)22(16-32)11-19-5-9-25(28(13-19)39-3)40-29(17-33)30(36)20-6-8-24(35)27(14-20)38-2;1-2-14(15-7-11-17(19)12-8-15)6-3-13-4-9-16(18)10-5-13;1-11(2)9-15(17)10-12(3)13-5-7-14(8-6-13)16(18)19-4/h4-9,12-14,21-22,29-36H,10-11,15-17H2,1-3H3;2-12,14,18-19H,1H2;7,11-13H,5-6,8-10H2,1-4H3/b;6-3+;. The van der Waals surface area contributed by atoms with E-state index in [-0.39, 0.29) is 65.7 Å².